The van der Waals surface area contributed by atoms with Gasteiger partial charge in [0.05, 0.1) is 27.2 Å². The Bertz CT molecular complexity index is 633. The summed E-state index contributed by atoms with van der Waals surface area (Å²) >= 11 is 7.66. The molecule has 0 aromatic rings. The molecule has 0 radical (unpaired) electrons. The first kappa shape index (κ1) is 14.5. The predicted octanol–water partition coefficient (Wildman–Crippen LogP) is 3.18. The van der Waals surface area contributed by atoms with Crippen molar-refractivity contribution in [2.24, 2.45) is 28.6 Å². The van der Waals surface area contributed by atoms with Crippen LogP contribution in [-0.4, -0.2) is 33.7 Å². The van der Waals surface area contributed by atoms with Gasteiger partial charge in [0.2, 0.25) is 5.91 Å². The van der Waals surface area contributed by atoms with Crippen molar-refractivity contribution in [1.82, 2.24) is 4.90 Å². The lowest BCUT2D eigenvalue weighted by molar-refractivity contribution is -0.547. The van der Waals surface area contributed by atoms with E-state index in [1.165, 1.54) is 0 Å². The normalized spacial score (nSPS) is 66.5. The molecule has 0 spiro atoms. The molecule has 6 aliphatic rings. The monoisotopic (exact) mass is 620 g/mol. The van der Waals surface area contributed by atoms with Gasteiger partial charge in [0, 0.05) is 30.3 Å². The summed E-state index contributed by atoms with van der Waals surface area (Å²) in [7, 11) is 1.95. The zero-order valence-electron chi connectivity index (χ0n) is 12.2. The van der Waals surface area contributed by atoms with Gasteiger partial charge in [-0.1, -0.05) is 67.8 Å². The van der Waals surface area contributed by atoms with E-state index in [2.05, 4.69) is 94.6 Å². The van der Waals surface area contributed by atoms with Crippen molar-refractivity contribution in [3.8, 4) is 6.07 Å². The second-order valence-electron chi connectivity index (χ2n) is 8.43. The van der Waals surface area contributed by atoms with Crippen molar-refractivity contribution >= 4 is 73.7 Å². The Balaban J connectivity index is 1.63. The molecule has 21 heavy (non-hydrogen) atoms. The van der Waals surface area contributed by atoms with E-state index in [4.69, 9.17) is 0 Å². The molecule has 6 rings (SSSR count). The van der Waals surface area contributed by atoms with E-state index >= 15 is 0 Å². The molecule has 0 aromatic heterocycles. The molecule has 6 saturated carbocycles. The van der Waals surface area contributed by atoms with Crippen LogP contribution in [0.2, 0.25) is 0 Å². The molecule has 0 atom stereocenters. The largest absolute Gasteiger partial charge is 0.340 e. The standard InChI is InChI=1S/C15H15I3N2O/c1-10(2,3)20(4)9(21)15-12(16)6-11(5-19)7(12)14(15,18)8(11)13(6,15)17/h6-8H,1-4H3. The highest BCUT2D eigenvalue weighted by molar-refractivity contribution is 14.1. The third kappa shape index (κ3) is 0.758. The van der Waals surface area contributed by atoms with Crippen LogP contribution in [0.4, 0.5) is 0 Å². The Hall–Kier alpha value is 1.15. The highest BCUT2D eigenvalue weighted by atomic mass is 127. The minimum Gasteiger partial charge on any atom is -0.340 e. The fourth-order valence-electron chi connectivity index (χ4n) is 6.90. The van der Waals surface area contributed by atoms with Crippen molar-refractivity contribution in [2.45, 2.75) is 36.6 Å². The maximum atomic E-state index is 13.4. The molecule has 0 saturated heterocycles. The fourth-order valence-corrected chi connectivity index (χ4v) is 19.6. The number of rotatable bonds is 1. The van der Waals surface area contributed by atoms with Gasteiger partial charge in [-0.15, -0.1) is 0 Å². The van der Waals surface area contributed by atoms with Crippen molar-refractivity contribution in [3.05, 3.63) is 0 Å². The van der Waals surface area contributed by atoms with E-state index < -0.39 is 0 Å². The SMILES string of the molecule is CN(C(=O)C12C3(I)C4C5(C#N)C3C1(I)C5C42I)C(C)(C)C. The summed E-state index contributed by atoms with van der Waals surface area (Å²) in [6.07, 6.45) is 0. The third-order valence-corrected chi connectivity index (χ3v) is 13.7. The highest BCUT2D eigenvalue weighted by Gasteiger charge is 3.26. The summed E-state index contributed by atoms with van der Waals surface area (Å²) in [4.78, 5) is 15.4. The van der Waals surface area contributed by atoms with Crippen LogP contribution in [0, 0.1) is 39.9 Å². The lowest BCUT2D eigenvalue weighted by Crippen LogP contribution is -3.27. The van der Waals surface area contributed by atoms with Crippen LogP contribution < -0.4 is 0 Å². The molecule has 3 nitrogen and oxygen atoms in total. The number of carbonyl (C=O) groups excluding carboxylic acids is 1. The van der Waals surface area contributed by atoms with Crippen LogP contribution in [0.3, 0.4) is 0 Å². The van der Waals surface area contributed by atoms with E-state index in [9.17, 15) is 10.1 Å². The average Bonchev–Trinajstić information content (AvgIpc) is 2.33. The quantitative estimate of drug-likeness (QED) is 0.335. The van der Waals surface area contributed by atoms with Gasteiger partial charge in [-0.3, -0.25) is 4.79 Å². The van der Waals surface area contributed by atoms with Crippen molar-refractivity contribution in [3.63, 3.8) is 0 Å². The van der Waals surface area contributed by atoms with Crippen LogP contribution in [0.1, 0.15) is 20.8 Å². The number of carbonyl (C=O) groups is 1. The van der Waals surface area contributed by atoms with Gasteiger partial charge in [-0.05, 0) is 20.8 Å². The number of nitrogens with zero attached hydrogens (tertiary/aromatic N) is 2. The minimum absolute atomic E-state index is 0.0636. The number of halogens is 3. The van der Waals surface area contributed by atoms with Gasteiger partial charge in [-0.2, -0.15) is 5.26 Å². The van der Waals surface area contributed by atoms with E-state index in [0.717, 1.165) is 0 Å². The fraction of sp³-hybridized carbons (Fsp3) is 0.867. The third-order valence-electron chi connectivity index (χ3n) is 7.50. The minimum atomic E-state index is -0.213. The van der Waals surface area contributed by atoms with Gasteiger partial charge >= 0.3 is 0 Å². The van der Waals surface area contributed by atoms with Crippen LogP contribution in [0.25, 0.3) is 0 Å². The predicted molar refractivity (Wildman–Crippen MR) is 104 cm³/mol. The van der Waals surface area contributed by atoms with E-state index in [0.29, 0.717) is 23.7 Å². The van der Waals surface area contributed by atoms with Crippen molar-refractivity contribution in [1.29, 1.82) is 5.26 Å². The topological polar surface area (TPSA) is 44.1 Å². The molecular weight excluding hydrogens is 605 g/mol. The Morgan fingerprint density at radius 2 is 1.48 bits per heavy atom. The first-order valence-electron chi connectivity index (χ1n) is 7.24. The number of hydrogen-bond donors (Lipinski definition) is 0. The van der Waals surface area contributed by atoms with Gasteiger partial charge in [0.15, 0.2) is 0 Å². The molecule has 6 heteroatoms. The molecule has 0 aromatic carbocycles. The van der Waals surface area contributed by atoms with Gasteiger partial charge in [0.25, 0.3) is 0 Å². The van der Waals surface area contributed by atoms with Gasteiger partial charge < -0.3 is 4.90 Å². The van der Waals surface area contributed by atoms with Crippen LogP contribution in [0.15, 0.2) is 0 Å². The van der Waals surface area contributed by atoms with E-state index in [-0.39, 0.29) is 26.6 Å². The van der Waals surface area contributed by atoms with E-state index in [1.54, 1.807) is 0 Å². The smallest absolute Gasteiger partial charge is 0.233 e. The zero-order valence-corrected chi connectivity index (χ0v) is 18.6. The maximum absolute atomic E-state index is 13.4. The van der Waals surface area contributed by atoms with Gasteiger partial charge in [0.1, 0.15) is 0 Å². The molecule has 112 valence electrons. The number of hydrogen-bond acceptors (Lipinski definition) is 2. The summed E-state index contributed by atoms with van der Waals surface area (Å²) in [5, 5.41) is 9.67. The zero-order chi connectivity index (χ0) is 15.6. The average molecular weight is 620 g/mol. The molecule has 6 aliphatic carbocycles. The number of amides is 1. The number of nitriles is 1. The van der Waals surface area contributed by atoms with Crippen molar-refractivity contribution in [2.75, 3.05) is 7.05 Å². The number of alkyl halides is 3. The molecule has 6 fully saturated rings. The van der Waals surface area contributed by atoms with Crippen LogP contribution in [0.5, 0.6) is 0 Å². The second kappa shape index (κ2) is 3.04. The maximum Gasteiger partial charge on any atom is 0.233 e. The Kier molecular flexibility index (Phi) is 2.10. The van der Waals surface area contributed by atoms with Crippen molar-refractivity contribution < 1.29 is 4.79 Å². The Morgan fingerprint density at radius 3 is 1.76 bits per heavy atom. The Labute approximate surface area is 165 Å². The van der Waals surface area contributed by atoms with E-state index in [1.807, 2.05) is 11.9 Å². The summed E-state index contributed by atoms with van der Waals surface area (Å²) in [6.45, 7) is 6.30. The second-order valence-corrected chi connectivity index (χ2v) is 13.8. The first-order valence-corrected chi connectivity index (χ1v) is 10.5. The summed E-state index contributed by atoms with van der Waals surface area (Å²) in [5.41, 5.74) is -0.423. The summed E-state index contributed by atoms with van der Waals surface area (Å²) in [5.74, 6) is 1.68. The Morgan fingerprint density at radius 1 is 1.10 bits per heavy atom. The first-order chi connectivity index (χ1) is 9.47. The lowest BCUT2D eigenvalue weighted by atomic mass is 8.92. The van der Waals surface area contributed by atoms with Crippen LogP contribution in [-0.2, 0) is 4.79 Å². The van der Waals surface area contributed by atoms with Crippen LogP contribution >= 0.6 is 67.8 Å². The summed E-state index contributed by atoms with van der Waals surface area (Å²) < 4.78 is 0.191. The molecule has 0 heterocycles. The molecular formula is C15H15I3N2O. The van der Waals surface area contributed by atoms with Gasteiger partial charge in [-0.25, -0.2) is 0 Å². The molecule has 0 unspecified atom stereocenters. The highest BCUT2D eigenvalue weighted by Crippen LogP contribution is 3.18. The molecule has 0 bridgehead atoms. The molecule has 0 aliphatic heterocycles. The molecule has 0 N–H and O–H groups in total. The summed E-state index contributed by atoms with van der Waals surface area (Å²) in [6, 6.07) is 2.64. The molecule has 1 amide bonds. The lowest BCUT2D eigenvalue weighted by Gasteiger charge is -3.17.